The highest BCUT2D eigenvalue weighted by Gasteiger charge is 2.32. The maximum absolute atomic E-state index is 12.2. The minimum Gasteiger partial charge on any atom is -0.324 e. The summed E-state index contributed by atoms with van der Waals surface area (Å²) in [6.45, 7) is -0.740. The molecule has 1 heterocycles. The third-order valence-corrected chi connectivity index (χ3v) is 4.38. The molecule has 0 spiro atoms. The van der Waals surface area contributed by atoms with Crippen LogP contribution in [0.1, 0.15) is 0 Å². The maximum Gasteiger partial charge on any atom is 0.244 e. The number of piperazine rings is 1. The van der Waals surface area contributed by atoms with Crippen molar-refractivity contribution in [1.82, 2.24) is 9.62 Å². The average Bonchev–Trinajstić information content (AvgIpc) is 2.37. The number of hydrogen-bond acceptors (Lipinski definition) is 6. The van der Waals surface area contributed by atoms with Gasteiger partial charge in [-0.2, -0.15) is 4.31 Å². The standard InChI is InChI=1S/C10H12N4O4S/c11-13-7-1-3-8(4-2-7)19(17,18)14-5-9(15)12-10(16)6-14/h1-4,13H,5-6,11H2,(H,12,15,16). The number of benzene rings is 1. The number of carbonyl (C=O) groups is 2. The quantitative estimate of drug-likeness (QED) is 0.357. The van der Waals surface area contributed by atoms with Gasteiger partial charge in [0.25, 0.3) is 0 Å². The predicted octanol–water partition coefficient (Wildman–Crippen LogP) is -1.38. The Hall–Kier alpha value is -1.97. The van der Waals surface area contributed by atoms with Crippen LogP contribution < -0.4 is 16.6 Å². The van der Waals surface area contributed by atoms with Gasteiger partial charge in [-0.15, -0.1) is 0 Å². The van der Waals surface area contributed by atoms with E-state index in [1.165, 1.54) is 24.3 Å². The fourth-order valence-corrected chi connectivity index (χ4v) is 3.01. The zero-order valence-electron chi connectivity index (χ0n) is 9.79. The van der Waals surface area contributed by atoms with Crippen molar-refractivity contribution in [2.45, 2.75) is 4.90 Å². The Morgan fingerprint density at radius 3 is 2.11 bits per heavy atom. The van der Waals surface area contributed by atoms with Crippen molar-refractivity contribution in [3.63, 3.8) is 0 Å². The first-order valence-corrected chi connectivity index (χ1v) is 6.77. The van der Waals surface area contributed by atoms with Crippen LogP contribution in [-0.2, 0) is 19.6 Å². The molecule has 0 radical (unpaired) electrons. The number of nitrogen functional groups attached to an aromatic ring is 1. The van der Waals surface area contributed by atoms with E-state index in [0.29, 0.717) is 5.69 Å². The van der Waals surface area contributed by atoms with E-state index in [1.807, 2.05) is 5.32 Å². The molecule has 0 saturated carbocycles. The van der Waals surface area contributed by atoms with Gasteiger partial charge in [-0.1, -0.05) is 0 Å². The second-order valence-corrected chi connectivity index (χ2v) is 5.85. The Balaban J connectivity index is 2.30. The molecule has 0 aromatic heterocycles. The molecular formula is C10H12N4O4S. The lowest BCUT2D eigenvalue weighted by molar-refractivity contribution is -0.134. The van der Waals surface area contributed by atoms with E-state index in [-0.39, 0.29) is 18.0 Å². The molecule has 1 aromatic carbocycles. The summed E-state index contributed by atoms with van der Waals surface area (Å²) < 4.78 is 25.3. The molecule has 4 N–H and O–H groups in total. The molecule has 2 rings (SSSR count). The van der Waals surface area contributed by atoms with Gasteiger partial charge in [-0.3, -0.25) is 20.7 Å². The monoisotopic (exact) mass is 284 g/mol. The van der Waals surface area contributed by atoms with Crippen LogP contribution in [0, 0.1) is 0 Å². The molecule has 0 unspecified atom stereocenters. The molecule has 102 valence electrons. The largest absolute Gasteiger partial charge is 0.324 e. The van der Waals surface area contributed by atoms with E-state index >= 15 is 0 Å². The lowest BCUT2D eigenvalue weighted by Gasteiger charge is -2.24. The van der Waals surface area contributed by atoms with Crippen LogP contribution in [0.15, 0.2) is 29.2 Å². The van der Waals surface area contributed by atoms with Gasteiger partial charge >= 0.3 is 0 Å². The predicted molar refractivity (Wildman–Crippen MR) is 66.2 cm³/mol. The lowest BCUT2D eigenvalue weighted by Crippen LogP contribution is -2.53. The summed E-state index contributed by atoms with van der Waals surface area (Å²) in [4.78, 5) is 22.4. The maximum atomic E-state index is 12.2. The topological polar surface area (TPSA) is 122 Å². The van der Waals surface area contributed by atoms with Crippen LogP contribution in [0.4, 0.5) is 5.69 Å². The number of amides is 2. The van der Waals surface area contributed by atoms with Crippen LogP contribution in [0.3, 0.4) is 0 Å². The zero-order chi connectivity index (χ0) is 14.0. The Labute approximate surface area is 109 Å². The summed E-state index contributed by atoms with van der Waals surface area (Å²) in [5, 5.41) is 2.04. The number of nitrogens with two attached hydrogens (primary N) is 1. The molecule has 0 atom stereocenters. The Bertz CT molecular complexity index is 595. The van der Waals surface area contributed by atoms with Gasteiger partial charge in [-0.25, -0.2) is 8.42 Å². The number of hydrazine groups is 1. The molecule has 1 fully saturated rings. The van der Waals surface area contributed by atoms with Gasteiger partial charge in [0.05, 0.1) is 18.0 Å². The number of rotatable bonds is 3. The number of anilines is 1. The van der Waals surface area contributed by atoms with Gasteiger partial charge < -0.3 is 5.43 Å². The van der Waals surface area contributed by atoms with Gasteiger partial charge in [0.1, 0.15) is 0 Å². The van der Waals surface area contributed by atoms with Crippen molar-refractivity contribution in [3.8, 4) is 0 Å². The summed E-state index contributed by atoms with van der Waals surface area (Å²) in [5.41, 5.74) is 2.92. The van der Waals surface area contributed by atoms with Crippen LogP contribution in [0.2, 0.25) is 0 Å². The Morgan fingerprint density at radius 2 is 1.63 bits per heavy atom. The second-order valence-electron chi connectivity index (χ2n) is 3.91. The van der Waals surface area contributed by atoms with Crippen molar-refractivity contribution in [3.05, 3.63) is 24.3 Å². The minimum atomic E-state index is -3.87. The molecule has 0 aliphatic carbocycles. The first kappa shape index (κ1) is 13.5. The molecule has 8 nitrogen and oxygen atoms in total. The van der Waals surface area contributed by atoms with E-state index in [2.05, 4.69) is 5.43 Å². The molecular weight excluding hydrogens is 272 g/mol. The van der Waals surface area contributed by atoms with Crippen LogP contribution >= 0.6 is 0 Å². The van der Waals surface area contributed by atoms with E-state index in [4.69, 9.17) is 5.84 Å². The number of nitrogens with zero attached hydrogens (tertiary/aromatic N) is 1. The fourth-order valence-electron chi connectivity index (χ4n) is 1.65. The third kappa shape index (κ3) is 2.72. The number of carbonyl (C=O) groups excluding carboxylic acids is 2. The van der Waals surface area contributed by atoms with Gasteiger partial charge in [0, 0.05) is 5.69 Å². The molecule has 1 aliphatic heterocycles. The Kier molecular flexibility index (Phi) is 3.51. The highest BCUT2D eigenvalue weighted by Crippen LogP contribution is 2.18. The first-order valence-electron chi connectivity index (χ1n) is 5.33. The summed E-state index contributed by atoms with van der Waals surface area (Å²) in [6.07, 6.45) is 0. The summed E-state index contributed by atoms with van der Waals surface area (Å²) in [5.74, 6) is 3.90. The van der Waals surface area contributed by atoms with Crippen molar-refractivity contribution in [2.24, 2.45) is 5.84 Å². The number of hydrogen-bond donors (Lipinski definition) is 3. The summed E-state index contributed by atoms with van der Waals surface area (Å²) in [7, 11) is -3.87. The molecule has 2 amide bonds. The molecule has 1 aromatic rings. The molecule has 1 aliphatic rings. The summed E-state index contributed by atoms with van der Waals surface area (Å²) >= 11 is 0. The van der Waals surface area contributed by atoms with Crippen molar-refractivity contribution in [1.29, 1.82) is 0 Å². The van der Waals surface area contributed by atoms with Crippen LogP contribution in [0.5, 0.6) is 0 Å². The van der Waals surface area contributed by atoms with Gasteiger partial charge in [0.15, 0.2) is 0 Å². The zero-order valence-corrected chi connectivity index (χ0v) is 10.6. The van der Waals surface area contributed by atoms with Crippen LogP contribution in [0.25, 0.3) is 0 Å². The van der Waals surface area contributed by atoms with Crippen molar-refractivity contribution >= 4 is 27.5 Å². The number of nitrogens with one attached hydrogen (secondary N) is 2. The van der Waals surface area contributed by atoms with E-state index in [1.54, 1.807) is 0 Å². The normalized spacial score (nSPS) is 17.1. The van der Waals surface area contributed by atoms with Gasteiger partial charge in [0.2, 0.25) is 21.8 Å². The third-order valence-electron chi connectivity index (χ3n) is 2.58. The van der Waals surface area contributed by atoms with E-state index < -0.39 is 21.8 Å². The highest BCUT2D eigenvalue weighted by molar-refractivity contribution is 7.89. The highest BCUT2D eigenvalue weighted by atomic mass is 32.2. The fraction of sp³-hybridized carbons (Fsp3) is 0.200. The number of sulfonamides is 1. The molecule has 1 saturated heterocycles. The van der Waals surface area contributed by atoms with Gasteiger partial charge in [-0.05, 0) is 24.3 Å². The molecule has 9 heteroatoms. The van der Waals surface area contributed by atoms with Crippen molar-refractivity contribution < 1.29 is 18.0 Å². The first-order chi connectivity index (χ1) is 8.93. The van der Waals surface area contributed by atoms with Crippen molar-refractivity contribution in [2.75, 3.05) is 18.5 Å². The molecule has 0 bridgehead atoms. The van der Waals surface area contributed by atoms with E-state index in [9.17, 15) is 18.0 Å². The number of imide groups is 1. The second kappa shape index (κ2) is 4.96. The SMILES string of the molecule is NNc1ccc(S(=O)(=O)N2CC(=O)NC(=O)C2)cc1. The lowest BCUT2D eigenvalue weighted by atomic mass is 10.3. The van der Waals surface area contributed by atoms with E-state index in [0.717, 1.165) is 4.31 Å². The summed E-state index contributed by atoms with van der Waals surface area (Å²) in [6, 6.07) is 5.67. The molecule has 19 heavy (non-hydrogen) atoms. The smallest absolute Gasteiger partial charge is 0.244 e. The average molecular weight is 284 g/mol. The Morgan fingerprint density at radius 1 is 1.11 bits per heavy atom. The minimum absolute atomic E-state index is 0.00556. The van der Waals surface area contributed by atoms with Crippen LogP contribution in [-0.4, -0.2) is 37.6 Å².